The van der Waals surface area contributed by atoms with E-state index in [1.54, 1.807) is 6.92 Å². The molecule has 1 saturated carbocycles. The van der Waals surface area contributed by atoms with Gasteiger partial charge in [0.1, 0.15) is 5.78 Å². The number of rotatable bonds is 4. The second kappa shape index (κ2) is 4.48. The number of ketones is 1. The Hall–Kier alpha value is -0.630. The van der Waals surface area contributed by atoms with Crippen LogP contribution in [0.2, 0.25) is 0 Å². The lowest BCUT2D eigenvalue weighted by Crippen LogP contribution is -2.42. The van der Waals surface area contributed by atoms with E-state index in [-0.39, 0.29) is 23.4 Å². The van der Waals surface area contributed by atoms with Crippen LogP contribution >= 0.6 is 0 Å². The maximum absolute atomic E-state index is 11.3. The monoisotopic (exact) mass is 250 g/mol. The van der Waals surface area contributed by atoms with Crippen molar-refractivity contribution in [1.29, 1.82) is 0 Å². The average molecular weight is 250 g/mol. The highest BCUT2D eigenvalue weighted by molar-refractivity contribution is 5.75. The fraction of sp³-hybridized carbons (Fsp3) is 0.812. The predicted octanol–water partition coefficient (Wildman–Crippen LogP) is 3.46. The number of carbonyl (C=O) groups excluding carboxylic acids is 1. The van der Waals surface area contributed by atoms with Gasteiger partial charge in [-0.1, -0.05) is 26.8 Å². The molecule has 1 saturated heterocycles. The van der Waals surface area contributed by atoms with Crippen LogP contribution in [0, 0.1) is 29.1 Å². The van der Waals surface area contributed by atoms with Gasteiger partial charge in [0.15, 0.2) is 0 Å². The minimum atomic E-state index is 0.174. The summed E-state index contributed by atoms with van der Waals surface area (Å²) in [4.78, 5) is 11.3. The number of hydrogen-bond donors (Lipinski definition) is 0. The summed E-state index contributed by atoms with van der Waals surface area (Å²) in [5, 5.41) is 0. The molecule has 1 aliphatic carbocycles. The first-order chi connectivity index (χ1) is 8.33. The number of fused-ring (bicyclic) bond motifs is 1. The first kappa shape index (κ1) is 13.8. The highest BCUT2D eigenvalue weighted by atomic mass is 16.5. The van der Waals surface area contributed by atoms with E-state index in [2.05, 4.69) is 34.3 Å². The third-order valence-corrected chi connectivity index (χ3v) is 5.54. The van der Waals surface area contributed by atoms with E-state index >= 15 is 0 Å². The predicted molar refractivity (Wildman–Crippen MR) is 73.2 cm³/mol. The number of carbonyl (C=O) groups is 1. The third kappa shape index (κ3) is 1.85. The maximum Gasteiger partial charge on any atom is 0.130 e. The Morgan fingerprint density at radius 2 is 2.11 bits per heavy atom. The molecule has 0 amide bonds. The summed E-state index contributed by atoms with van der Waals surface area (Å²) in [5.74, 6) is 2.56. The van der Waals surface area contributed by atoms with Crippen molar-refractivity contribution in [3.05, 3.63) is 12.7 Å². The molecule has 5 unspecified atom stereocenters. The Morgan fingerprint density at radius 3 is 2.61 bits per heavy atom. The molecule has 2 nitrogen and oxygen atoms in total. The second-order valence-electron chi connectivity index (χ2n) is 6.64. The molecule has 0 spiro atoms. The molecule has 1 heterocycles. The van der Waals surface area contributed by atoms with Crippen LogP contribution in [-0.2, 0) is 9.53 Å². The van der Waals surface area contributed by atoms with Crippen molar-refractivity contribution >= 4 is 5.78 Å². The van der Waals surface area contributed by atoms with Crippen LogP contribution in [0.5, 0.6) is 0 Å². The molecule has 7 atom stereocenters. The van der Waals surface area contributed by atoms with E-state index in [4.69, 9.17) is 4.74 Å². The van der Waals surface area contributed by atoms with E-state index in [9.17, 15) is 4.79 Å². The van der Waals surface area contributed by atoms with Crippen molar-refractivity contribution in [1.82, 2.24) is 0 Å². The van der Waals surface area contributed by atoms with Gasteiger partial charge in [-0.05, 0) is 37.5 Å². The molecule has 2 fully saturated rings. The molecule has 2 rings (SSSR count). The minimum absolute atomic E-state index is 0.174. The van der Waals surface area contributed by atoms with Gasteiger partial charge in [0.2, 0.25) is 0 Å². The molecular formula is C16H26O2. The smallest absolute Gasteiger partial charge is 0.130 e. The summed E-state index contributed by atoms with van der Waals surface area (Å²) in [5.41, 5.74) is 0.240. The van der Waals surface area contributed by atoms with Gasteiger partial charge in [-0.3, -0.25) is 0 Å². The van der Waals surface area contributed by atoms with E-state index in [0.717, 1.165) is 0 Å². The van der Waals surface area contributed by atoms with Gasteiger partial charge in [0.25, 0.3) is 0 Å². The van der Waals surface area contributed by atoms with Crippen molar-refractivity contribution < 1.29 is 9.53 Å². The Bertz CT molecular complexity index is 362. The first-order valence-corrected chi connectivity index (χ1v) is 7.11. The minimum Gasteiger partial charge on any atom is -0.370 e. The van der Waals surface area contributed by atoms with Gasteiger partial charge >= 0.3 is 0 Å². The highest BCUT2D eigenvalue weighted by Crippen LogP contribution is 2.69. The fourth-order valence-corrected chi connectivity index (χ4v) is 4.47. The fourth-order valence-electron chi connectivity index (χ4n) is 4.47. The summed E-state index contributed by atoms with van der Waals surface area (Å²) in [7, 11) is 0. The normalized spacial score (nSPS) is 48.2. The largest absolute Gasteiger partial charge is 0.370 e. The number of Topliss-reactive ketones (excluding diaryl/α,β-unsaturated/α-hetero) is 1. The Labute approximate surface area is 111 Å². The lowest BCUT2D eigenvalue weighted by Gasteiger charge is -2.40. The summed E-state index contributed by atoms with van der Waals surface area (Å²) in [6.07, 6.45) is 3.04. The maximum atomic E-state index is 11.3. The summed E-state index contributed by atoms with van der Waals surface area (Å²) < 4.78 is 6.15. The first-order valence-electron chi connectivity index (χ1n) is 7.11. The van der Waals surface area contributed by atoms with E-state index in [1.807, 2.05) is 6.08 Å². The topological polar surface area (TPSA) is 26.3 Å². The number of ether oxygens (including phenoxy) is 1. The Kier molecular flexibility index (Phi) is 3.44. The van der Waals surface area contributed by atoms with Gasteiger partial charge in [0.05, 0.1) is 12.2 Å². The SMILES string of the molecule is C=CC1O[C@@H](C)C(C(C)CC(C)=O)C2C(C)[C@@]12C. The van der Waals surface area contributed by atoms with Crippen LogP contribution in [0.15, 0.2) is 12.7 Å². The van der Waals surface area contributed by atoms with E-state index in [1.165, 1.54) is 0 Å². The van der Waals surface area contributed by atoms with Crippen molar-refractivity contribution in [3.63, 3.8) is 0 Å². The van der Waals surface area contributed by atoms with Gasteiger partial charge in [-0.25, -0.2) is 0 Å². The van der Waals surface area contributed by atoms with Crippen LogP contribution in [0.1, 0.15) is 41.0 Å². The molecule has 0 N–H and O–H groups in total. The number of hydrogen-bond acceptors (Lipinski definition) is 2. The molecule has 1 aliphatic heterocycles. The summed E-state index contributed by atoms with van der Waals surface area (Å²) >= 11 is 0. The lowest BCUT2D eigenvalue weighted by atomic mass is 9.76. The Balaban J connectivity index is 2.18. The molecule has 0 radical (unpaired) electrons. The van der Waals surface area contributed by atoms with Crippen molar-refractivity contribution in [2.45, 2.75) is 53.2 Å². The molecule has 18 heavy (non-hydrogen) atoms. The lowest BCUT2D eigenvalue weighted by molar-refractivity contribution is -0.122. The van der Waals surface area contributed by atoms with Gasteiger partial charge in [-0.2, -0.15) is 0 Å². The van der Waals surface area contributed by atoms with Crippen LogP contribution in [-0.4, -0.2) is 18.0 Å². The third-order valence-electron chi connectivity index (χ3n) is 5.54. The zero-order valence-corrected chi connectivity index (χ0v) is 12.3. The molecule has 0 aromatic carbocycles. The molecule has 2 heteroatoms. The average Bonchev–Trinajstić information content (AvgIpc) is 2.81. The van der Waals surface area contributed by atoms with Gasteiger partial charge < -0.3 is 9.53 Å². The molecule has 0 aromatic rings. The van der Waals surface area contributed by atoms with Crippen LogP contribution < -0.4 is 0 Å². The van der Waals surface area contributed by atoms with E-state index < -0.39 is 0 Å². The molecule has 0 bridgehead atoms. The second-order valence-corrected chi connectivity index (χ2v) is 6.64. The van der Waals surface area contributed by atoms with Crippen LogP contribution in [0.4, 0.5) is 0 Å². The standard InChI is InChI=1S/C16H26O2/c1-7-13-16(6)11(4)15(16)14(12(5)18-13)9(2)8-10(3)17/h7,9,11-15H,1,8H2,2-6H3/t9?,11?,12-,13?,14?,15?,16-/m0/s1. The quantitative estimate of drug-likeness (QED) is 0.714. The molecule has 102 valence electrons. The van der Waals surface area contributed by atoms with Crippen molar-refractivity contribution in [2.24, 2.45) is 29.1 Å². The summed E-state index contributed by atoms with van der Waals surface area (Å²) in [6, 6.07) is 0. The summed E-state index contributed by atoms with van der Waals surface area (Å²) in [6.45, 7) is 14.6. The molecule has 2 aliphatic rings. The Morgan fingerprint density at radius 1 is 1.50 bits per heavy atom. The van der Waals surface area contributed by atoms with Gasteiger partial charge in [0, 0.05) is 11.8 Å². The highest BCUT2D eigenvalue weighted by Gasteiger charge is 2.69. The molecular weight excluding hydrogens is 224 g/mol. The zero-order valence-electron chi connectivity index (χ0n) is 12.3. The van der Waals surface area contributed by atoms with E-state index in [0.29, 0.717) is 30.1 Å². The van der Waals surface area contributed by atoms with Crippen LogP contribution in [0.3, 0.4) is 0 Å². The van der Waals surface area contributed by atoms with Crippen LogP contribution in [0.25, 0.3) is 0 Å². The molecule has 0 aromatic heterocycles. The van der Waals surface area contributed by atoms with Gasteiger partial charge in [-0.15, -0.1) is 6.58 Å². The van der Waals surface area contributed by atoms with Crippen molar-refractivity contribution in [2.75, 3.05) is 0 Å². The zero-order chi connectivity index (χ0) is 13.7. The van der Waals surface area contributed by atoms with Crippen molar-refractivity contribution in [3.8, 4) is 0 Å².